The Morgan fingerprint density at radius 1 is 1.11 bits per heavy atom. The molecule has 0 bridgehead atoms. The number of rotatable bonds is 4. The van der Waals surface area contributed by atoms with Crippen molar-refractivity contribution in [1.82, 2.24) is 10.2 Å². The second-order valence-corrected chi connectivity index (χ2v) is 6.44. The average Bonchev–Trinajstić information content (AvgIpc) is 2.86. The lowest BCUT2D eigenvalue weighted by Crippen LogP contribution is -2.42. The van der Waals surface area contributed by atoms with Gasteiger partial charge in [0.15, 0.2) is 0 Å². The first-order valence-corrected chi connectivity index (χ1v) is 8.28. The van der Waals surface area contributed by atoms with Crippen LogP contribution in [0.1, 0.15) is 18.1 Å². The van der Waals surface area contributed by atoms with Crippen LogP contribution in [-0.2, 0) is 21.3 Å². The van der Waals surface area contributed by atoms with Crippen LogP contribution >= 0.6 is 0 Å². The van der Waals surface area contributed by atoms with E-state index >= 15 is 0 Å². The standard InChI is InChI=1S/C19H16F3N3O3/c1-18(12-6-3-2-4-7-12)16(27)25(17(28)24-18)11-15(26)23-14-9-5-8-13(10-14)19(20,21)22/h2-10H,11H2,1H3,(H,23,26)(H,24,28). The molecule has 0 spiro atoms. The van der Waals surface area contributed by atoms with Crippen molar-refractivity contribution >= 4 is 23.5 Å². The van der Waals surface area contributed by atoms with E-state index in [4.69, 9.17) is 0 Å². The summed E-state index contributed by atoms with van der Waals surface area (Å²) in [5.41, 5.74) is -1.78. The quantitative estimate of drug-likeness (QED) is 0.787. The molecule has 2 aromatic carbocycles. The van der Waals surface area contributed by atoms with Gasteiger partial charge in [-0.1, -0.05) is 36.4 Å². The van der Waals surface area contributed by atoms with E-state index in [0.717, 1.165) is 23.1 Å². The van der Waals surface area contributed by atoms with E-state index in [1.54, 1.807) is 30.3 Å². The molecule has 146 valence electrons. The summed E-state index contributed by atoms with van der Waals surface area (Å²) >= 11 is 0. The van der Waals surface area contributed by atoms with Gasteiger partial charge < -0.3 is 10.6 Å². The highest BCUT2D eigenvalue weighted by molar-refractivity contribution is 6.10. The van der Waals surface area contributed by atoms with Gasteiger partial charge in [-0.2, -0.15) is 13.2 Å². The number of carbonyl (C=O) groups is 3. The molecule has 4 amide bonds. The van der Waals surface area contributed by atoms with Gasteiger partial charge in [0.25, 0.3) is 5.91 Å². The molecule has 1 fully saturated rings. The molecule has 2 aromatic rings. The third-order valence-corrected chi connectivity index (χ3v) is 4.40. The third-order valence-electron chi connectivity index (χ3n) is 4.40. The molecule has 0 aliphatic carbocycles. The Kier molecular flexibility index (Phi) is 4.84. The lowest BCUT2D eigenvalue weighted by molar-refractivity contribution is -0.137. The van der Waals surface area contributed by atoms with Gasteiger partial charge in [0.2, 0.25) is 5.91 Å². The molecule has 2 N–H and O–H groups in total. The van der Waals surface area contributed by atoms with Crippen molar-refractivity contribution in [2.45, 2.75) is 18.6 Å². The summed E-state index contributed by atoms with van der Waals surface area (Å²) in [7, 11) is 0. The van der Waals surface area contributed by atoms with Crippen LogP contribution in [0.25, 0.3) is 0 Å². The molecule has 1 aliphatic heterocycles. The number of nitrogens with zero attached hydrogens (tertiary/aromatic N) is 1. The highest BCUT2D eigenvalue weighted by Gasteiger charge is 2.49. The fourth-order valence-corrected chi connectivity index (χ4v) is 2.93. The molecular formula is C19H16F3N3O3. The van der Waals surface area contributed by atoms with E-state index in [0.29, 0.717) is 5.56 Å². The van der Waals surface area contributed by atoms with Crippen molar-refractivity contribution in [3.8, 4) is 0 Å². The maximum Gasteiger partial charge on any atom is 0.416 e. The summed E-state index contributed by atoms with van der Waals surface area (Å²) in [6, 6.07) is 11.9. The first kappa shape index (κ1) is 19.4. The van der Waals surface area contributed by atoms with E-state index in [-0.39, 0.29) is 5.69 Å². The van der Waals surface area contributed by atoms with Crippen LogP contribution in [0, 0.1) is 0 Å². The van der Waals surface area contributed by atoms with Gasteiger partial charge in [-0.15, -0.1) is 0 Å². The number of amides is 4. The minimum atomic E-state index is -4.55. The molecule has 1 saturated heterocycles. The Morgan fingerprint density at radius 3 is 2.43 bits per heavy atom. The monoisotopic (exact) mass is 391 g/mol. The Labute approximate surface area is 158 Å². The van der Waals surface area contributed by atoms with E-state index in [1.807, 2.05) is 0 Å². The van der Waals surface area contributed by atoms with Crippen molar-refractivity contribution in [2.24, 2.45) is 0 Å². The lowest BCUT2D eigenvalue weighted by atomic mass is 9.92. The van der Waals surface area contributed by atoms with Crippen LogP contribution in [0.2, 0.25) is 0 Å². The predicted molar refractivity (Wildman–Crippen MR) is 94.1 cm³/mol. The summed E-state index contributed by atoms with van der Waals surface area (Å²) in [4.78, 5) is 37.9. The van der Waals surface area contributed by atoms with Gasteiger partial charge in [0.05, 0.1) is 5.56 Å². The normalized spacial score (nSPS) is 19.5. The van der Waals surface area contributed by atoms with Crippen LogP contribution in [0.15, 0.2) is 54.6 Å². The Balaban J connectivity index is 1.73. The molecule has 1 atom stereocenters. The minimum absolute atomic E-state index is 0.0855. The molecule has 3 rings (SSSR count). The number of urea groups is 1. The molecule has 9 heteroatoms. The minimum Gasteiger partial charge on any atom is -0.325 e. The number of imide groups is 1. The van der Waals surface area contributed by atoms with E-state index in [2.05, 4.69) is 10.6 Å². The number of carbonyl (C=O) groups excluding carboxylic acids is 3. The van der Waals surface area contributed by atoms with Crippen molar-refractivity contribution in [1.29, 1.82) is 0 Å². The smallest absolute Gasteiger partial charge is 0.325 e. The van der Waals surface area contributed by atoms with Gasteiger partial charge in [-0.3, -0.25) is 14.5 Å². The van der Waals surface area contributed by atoms with Gasteiger partial charge >= 0.3 is 12.2 Å². The molecule has 1 heterocycles. The zero-order valence-corrected chi connectivity index (χ0v) is 14.7. The predicted octanol–water partition coefficient (Wildman–Crippen LogP) is 3.11. The van der Waals surface area contributed by atoms with Crippen LogP contribution in [0.4, 0.5) is 23.7 Å². The highest BCUT2D eigenvalue weighted by atomic mass is 19.4. The first-order valence-electron chi connectivity index (χ1n) is 8.28. The molecule has 1 unspecified atom stereocenters. The maximum atomic E-state index is 12.8. The number of hydrogen-bond donors (Lipinski definition) is 2. The Morgan fingerprint density at radius 2 is 1.79 bits per heavy atom. The molecule has 6 nitrogen and oxygen atoms in total. The summed E-state index contributed by atoms with van der Waals surface area (Å²) in [5.74, 6) is -1.41. The topological polar surface area (TPSA) is 78.5 Å². The molecule has 28 heavy (non-hydrogen) atoms. The van der Waals surface area contributed by atoms with Crippen LogP contribution in [0.3, 0.4) is 0 Å². The second kappa shape index (κ2) is 6.99. The van der Waals surface area contributed by atoms with E-state index in [1.165, 1.54) is 13.0 Å². The van der Waals surface area contributed by atoms with Crippen molar-refractivity contribution in [2.75, 3.05) is 11.9 Å². The SMILES string of the molecule is CC1(c2ccccc2)NC(=O)N(CC(=O)Nc2cccc(C(F)(F)F)c2)C1=O. The highest BCUT2D eigenvalue weighted by Crippen LogP contribution is 2.31. The molecule has 0 saturated carbocycles. The number of anilines is 1. The van der Waals surface area contributed by atoms with Gasteiger partial charge in [-0.05, 0) is 30.7 Å². The molecule has 1 aliphatic rings. The summed E-state index contributed by atoms with van der Waals surface area (Å²) in [6.07, 6.45) is -4.55. The molecular weight excluding hydrogens is 375 g/mol. The Bertz CT molecular complexity index is 931. The van der Waals surface area contributed by atoms with Crippen LogP contribution in [-0.4, -0.2) is 29.3 Å². The first-order chi connectivity index (χ1) is 13.1. The lowest BCUT2D eigenvalue weighted by Gasteiger charge is -2.22. The Hall–Kier alpha value is -3.36. The van der Waals surface area contributed by atoms with E-state index in [9.17, 15) is 27.6 Å². The zero-order chi connectivity index (χ0) is 20.5. The van der Waals surface area contributed by atoms with Crippen molar-refractivity contribution in [3.63, 3.8) is 0 Å². The van der Waals surface area contributed by atoms with Crippen molar-refractivity contribution < 1.29 is 27.6 Å². The third kappa shape index (κ3) is 3.68. The maximum absolute atomic E-state index is 12.8. The zero-order valence-electron chi connectivity index (χ0n) is 14.7. The molecule has 0 radical (unpaired) electrons. The summed E-state index contributed by atoms with van der Waals surface area (Å²) in [5, 5.41) is 4.83. The average molecular weight is 391 g/mol. The van der Waals surface area contributed by atoms with Crippen LogP contribution < -0.4 is 10.6 Å². The second-order valence-electron chi connectivity index (χ2n) is 6.44. The fourth-order valence-electron chi connectivity index (χ4n) is 2.93. The fraction of sp³-hybridized carbons (Fsp3) is 0.211. The van der Waals surface area contributed by atoms with Gasteiger partial charge in [-0.25, -0.2) is 4.79 Å². The number of alkyl halides is 3. The summed E-state index contributed by atoms with van der Waals surface area (Å²) in [6.45, 7) is 0.899. The van der Waals surface area contributed by atoms with Crippen LogP contribution in [0.5, 0.6) is 0 Å². The van der Waals surface area contributed by atoms with Gasteiger partial charge in [0.1, 0.15) is 12.1 Å². The molecule has 0 aromatic heterocycles. The van der Waals surface area contributed by atoms with Gasteiger partial charge in [0, 0.05) is 5.69 Å². The number of hydrogen-bond acceptors (Lipinski definition) is 3. The summed E-state index contributed by atoms with van der Waals surface area (Å²) < 4.78 is 38.3. The van der Waals surface area contributed by atoms with E-state index < -0.39 is 41.7 Å². The van der Waals surface area contributed by atoms with Crippen molar-refractivity contribution in [3.05, 3.63) is 65.7 Å². The number of nitrogens with one attached hydrogen (secondary N) is 2. The number of benzene rings is 2. The number of halogens is 3. The largest absolute Gasteiger partial charge is 0.416 e.